The molecule has 156 valence electrons. The molecule has 2 N–H and O–H groups in total. The summed E-state index contributed by atoms with van der Waals surface area (Å²) in [5, 5.41) is 15.6. The smallest absolute Gasteiger partial charge is 0.131 e. The SMILES string of the molecule is Cc1cc(CC=O)nc2cc3c(cc12)OC(C)(C)[C@H](O)[C@H]3NCCc1ccccc1. The number of rotatable bonds is 6. The van der Waals surface area contributed by atoms with Gasteiger partial charge in [0.1, 0.15) is 23.7 Å². The molecular weight excluding hydrogens is 376 g/mol. The molecule has 0 aliphatic carbocycles. The predicted octanol–water partition coefficient (Wildman–Crippen LogP) is 3.69. The van der Waals surface area contributed by atoms with Gasteiger partial charge in [0.2, 0.25) is 0 Å². The van der Waals surface area contributed by atoms with Crippen LogP contribution in [-0.4, -0.2) is 34.6 Å². The summed E-state index contributed by atoms with van der Waals surface area (Å²) < 4.78 is 6.19. The van der Waals surface area contributed by atoms with E-state index in [1.807, 2.05) is 57.2 Å². The van der Waals surface area contributed by atoms with E-state index in [1.54, 1.807) is 0 Å². The van der Waals surface area contributed by atoms with Crippen LogP contribution in [-0.2, 0) is 17.6 Å². The number of aliphatic hydroxyl groups is 1. The number of aliphatic hydroxyl groups excluding tert-OH is 1. The Bertz CT molecular complexity index is 1060. The van der Waals surface area contributed by atoms with Crippen LogP contribution < -0.4 is 10.1 Å². The standard InChI is InChI=1S/C25H28N2O3/c1-16-13-18(10-12-28)27-21-14-20-22(15-19(16)21)30-25(2,3)24(29)23(20)26-11-9-17-7-5-4-6-8-17/h4-8,12-15,23-24,26,29H,9-11H2,1-3H3/t23-,24+/m0/s1. The van der Waals surface area contributed by atoms with Crippen molar-refractivity contribution in [1.82, 2.24) is 10.3 Å². The fraction of sp³-hybridized carbons (Fsp3) is 0.360. The van der Waals surface area contributed by atoms with Crippen LogP contribution in [0, 0.1) is 6.92 Å². The Hall–Kier alpha value is -2.76. The fourth-order valence-corrected chi connectivity index (χ4v) is 4.18. The summed E-state index contributed by atoms with van der Waals surface area (Å²) >= 11 is 0. The van der Waals surface area contributed by atoms with Gasteiger partial charge in [-0.1, -0.05) is 30.3 Å². The monoisotopic (exact) mass is 404 g/mol. The van der Waals surface area contributed by atoms with Crippen molar-refractivity contribution in [3.8, 4) is 5.75 Å². The maximum absolute atomic E-state index is 11.1. The number of carbonyl (C=O) groups excluding carboxylic acids is 1. The summed E-state index contributed by atoms with van der Waals surface area (Å²) in [4.78, 5) is 15.6. The molecule has 1 aliphatic heterocycles. The average Bonchev–Trinajstić information content (AvgIpc) is 2.71. The van der Waals surface area contributed by atoms with Crippen molar-refractivity contribution in [2.75, 3.05) is 6.54 Å². The first-order valence-electron chi connectivity index (χ1n) is 10.4. The van der Waals surface area contributed by atoms with E-state index in [1.165, 1.54) is 5.56 Å². The molecule has 0 amide bonds. The molecule has 4 rings (SSSR count). The number of nitrogens with one attached hydrogen (secondary N) is 1. The molecule has 2 heterocycles. The first-order valence-corrected chi connectivity index (χ1v) is 10.4. The minimum atomic E-state index is -0.718. The van der Waals surface area contributed by atoms with Crippen molar-refractivity contribution in [2.24, 2.45) is 0 Å². The quantitative estimate of drug-likeness (QED) is 0.613. The Morgan fingerprint density at radius 1 is 1.20 bits per heavy atom. The van der Waals surface area contributed by atoms with E-state index in [-0.39, 0.29) is 6.04 Å². The number of aryl methyl sites for hydroxylation is 1. The lowest BCUT2D eigenvalue weighted by Gasteiger charge is -2.42. The molecule has 2 aromatic carbocycles. The third kappa shape index (κ3) is 3.95. The van der Waals surface area contributed by atoms with Crippen LogP contribution >= 0.6 is 0 Å². The lowest BCUT2D eigenvalue weighted by molar-refractivity contribution is -0.107. The lowest BCUT2D eigenvalue weighted by atomic mass is 9.85. The minimum absolute atomic E-state index is 0.270. The van der Waals surface area contributed by atoms with Gasteiger partial charge in [-0.3, -0.25) is 4.98 Å². The lowest BCUT2D eigenvalue weighted by Crippen LogP contribution is -2.52. The van der Waals surface area contributed by atoms with Crippen molar-refractivity contribution in [2.45, 2.75) is 51.4 Å². The van der Waals surface area contributed by atoms with E-state index in [0.717, 1.165) is 52.7 Å². The van der Waals surface area contributed by atoms with Crippen LogP contribution in [0.5, 0.6) is 5.75 Å². The van der Waals surface area contributed by atoms with E-state index in [0.29, 0.717) is 6.42 Å². The van der Waals surface area contributed by atoms with Crippen molar-refractivity contribution in [1.29, 1.82) is 0 Å². The first kappa shape index (κ1) is 20.5. The number of hydrogen-bond acceptors (Lipinski definition) is 5. The zero-order valence-electron chi connectivity index (χ0n) is 17.7. The summed E-state index contributed by atoms with van der Waals surface area (Å²) in [6.45, 7) is 6.57. The van der Waals surface area contributed by atoms with Gasteiger partial charge >= 0.3 is 0 Å². The Morgan fingerprint density at radius 2 is 1.97 bits per heavy atom. The van der Waals surface area contributed by atoms with Gasteiger partial charge < -0.3 is 20.0 Å². The third-order valence-electron chi connectivity index (χ3n) is 5.85. The average molecular weight is 405 g/mol. The second-order valence-electron chi connectivity index (χ2n) is 8.53. The van der Waals surface area contributed by atoms with E-state index < -0.39 is 11.7 Å². The molecule has 2 atom stereocenters. The number of benzene rings is 2. The molecule has 0 saturated carbocycles. The van der Waals surface area contributed by atoms with Crippen LogP contribution in [0.15, 0.2) is 48.5 Å². The molecule has 0 spiro atoms. The van der Waals surface area contributed by atoms with Gasteiger partial charge in [-0.25, -0.2) is 0 Å². The summed E-state index contributed by atoms with van der Waals surface area (Å²) in [5.74, 6) is 0.767. The van der Waals surface area contributed by atoms with Gasteiger partial charge in [0, 0.05) is 23.1 Å². The number of aldehydes is 1. The molecule has 5 nitrogen and oxygen atoms in total. The molecule has 0 bridgehead atoms. The van der Waals surface area contributed by atoms with Crippen molar-refractivity contribution >= 4 is 17.2 Å². The van der Waals surface area contributed by atoms with Crippen molar-refractivity contribution < 1.29 is 14.6 Å². The third-order valence-corrected chi connectivity index (χ3v) is 5.85. The molecule has 0 radical (unpaired) electrons. The van der Waals surface area contributed by atoms with Gasteiger partial charge in [-0.05, 0) is 63.1 Å². The highest BCUT2D eigenvalue weighted by atomic mass is 16.5. The number of nitrogens with zero attached hydrogens (tertiary/aromatic N) is 1. The van der Waals surface area contributed by atoms with Crippen molar-refractivity contribution in [3.05, 3.63) is 70.9 Å². The molecule has 0 unspecified atom stereocenters. The van der Waals surface area contributed by atoms with Gasteiger partial charge in [-0.2, -0.15) is 0 Å². The number of aromatic nitrogens is 1. The zero-order chi connectivity index (χ0) is 21.3. The molecular formula is C25H28N2O3. The molecule has 1 aliphatic rings. The maximum atomic E-state index is 11.1. The van der Waals surface area contributed by atoms with E-state index in [4.69, 9.17) is 4.74 Å². The normalized spacial score (nSPS) is 19.9. The second-order valence-corrected chi connectivity index (χ2v) is 8.53. The summed E-state index contributed by atoms with van der Waals surface area (Å²) in [6, 6.07) is 16.0. The maximum Gasteiger partial charge on any atom is 0.131 e. The molecule has 0 fully saturated rings. The highest BCUT2D eigenvalue weighted by Crippen LogP contribution is 2.42. The Labute approximate surface area is 177 Å². The summed E-state index contributed by atoms with van der Waals surface area (Å²) in [6.07, 6.45) is 1.32. The van der Waals surface area contributed by atoms with E-state index in [9.17, 15) is 9.90 Å². The Morgan fingerprint density at radius 3 is 2.70 bits per heavy atom. The Balaban J connectivity index is 1.69. The first-order chi connectivity index (χ1) is 14.4. The second kappa shape index (κ2) is 8.17. The molecule has 3 aromatic rings. The van der Waals surface area contributed by atoms with Crippen LogP contribution in [0.1, 0.15) is 42.3 Å². The highest BCUT2D eigenvalue weighted by Gasteiger charge is 2.42. The van der Waals surface area contributed by atoms with Crippen LogP contribution in [0.4, 0.5) is 0 Å². The van der Waals surface area contributed by atoms with Crippen LogP contribution in [0.2, 0.25) is 0 Å². The number of fused-ring (bicyclic) bond motifs is 2. The number of carbonyl (C=O) groups is 1. The topological polar surface area (TPSA) is 71.5 Å². The zero-order valence-corrected chi connectivity index (χ0v) is 17.7. The minimum Gasteiger partial charge on any atom is -0.485 e. The molecule has 0 saturated heterocycles. The number of hydrogen-bond donors (Lipinski definition) is 2. The summed E-state index contributed by atoms with van der Waals surface area (Å²) in [7, 11) is 0. The molecule has 5 heteroatoms. The molecule has 30 heavy (non-hydrogen) atoms. The van der Waals surface area contributed by atoms with Gasteiger partial charge in [0.25, 0.3) is 0 Å². The Kier molecular flexibility index (Phi) is 5.58. The van der Waals surface area contributed by atoms with Crippen LogP contribution in [0.25, 0.3) is 10.9 Å². The van der Waals surface area contributed by atoms with Gasteiger partial charge in [-0.15, -0.1) is 0 Å². The van der Waals surface area contributed by atoms with E-state index >= 15 is 0 Å². The van der Waals surface area contributed by atoms with Crippen LogP contribution in [0.3, 0.4) is 0 Å². The summed E-state index contributed by atoms with van der Waals surface area (Å²) in [5.41, 5.74) is 4.06. The van der Waals surface area contributed by atoms with E-state index in [2.05, 4.69) is 22.4 Å². The fourth-order valence-electron chi connectivity index (χ4n) is 4.18. The van der Waals surface area contributed by atoms with Gasteiger partial charge in [0.15, 0.2) is 0 Å². The predicted molar refractivity (Wildman–Crippen MR) is 118 cm³/mol. The number of ether oxygens (including phenoxy) is 1. The largest absolute Gasteiger partial charge is 0.485 e. The number of pyridine rings is 1. The van der Waals surface area contributed by atoms with Crippen molar-refractivity contribution in [3.63, 3.8) is 0 Å². The molecule has 1 aromatic heterocycles. The van der Waals surface area contributed by atoms with Gasteiger partial charge in [0.05, 0.1) is 11.6 Å². The highest BCUT2D eigenvalue weighted by molar-refractivity contribution is 5.85.